The first kappa shape index (κ1) is 15.5. The van der Waals surface area contributed by atoms with Gasteiger partial charge in [0.2, 0.25) is 0 Å². The Hall–Kier alpha value is -2.01. The minimum Gasteiger partial charge on any atom is -0.871 e. The van der Waals surface area contributed by atoms with Gasteiger partial charge in [-0.1, -0.05) is 41.7 Å². The molecule has 4 rings (SSSR count). The van der Waals surface area contributed by atoms with E-state index in [1.54, 1.807) is 0 Å². The number of nitro benzene ring substituents is 1. The number of nitro groups is 1. The zero-order chi connectivity index (χ0) is 16.8. The number of fused-ring (bicyclic) bond motifs is 3. The number of benzene rings is 1. The van der Waals surface area contributed by atoms with E-state index in [4.69, 9.17) is 11.6 Å². The highest BCUT2D eigenvalue weighted by Gasteiger charge is 2.44. The van der Waals surface area contributed by atoms with Crippen molar-refractivity contribution in [2.24, 2.45) is 11.8 Å². The Bertz CT molecular complexity index is 759. The van der Waals surface area contributed by atoms with Crippen LogP contribution in [0.15, 0.2) is 30.4 Å². The molecule has 3 aliphatic rings. The van der Waals surface area contributed by atoms with E-state index in [2.05, 4.69) is 23.5 Å². The molecular formula is C18H18ClN2O3-. The summed E-state index contributed by atoms with van der Waals surface area (Å²) in [5.41, 5.74) is 0.722. The van der Waals surface area contributed by atoms with Crippen LogP contribution in [0.1, 0.15) is 37.2 Å². The molecule has 5 nitrogen and oxygen atoms in total. The molecule has 24 heavy (non-hydrogen) atoms. The van der Waals surface area contributed by atoms with E-state index in [0.29, 0.717) is 17.2 Å². The van der Waals surface area contributed by atoms with Crippen molar-refractivity contribution >= 4 is 23.0 Å². The molecule has 0 saturated carbocycles. The first-order valence-corrected chi connectivity index (χ1v) is 8.71. The zero-order valence-electron chi connectivity index (χ0n) is 13.1. The first-order chi connectivity index (χ1) is 11.6. The summed E-state index contributed by atoms with van der Waals surface area (Å²) in [7, 11) is 0. The molecule has 2 aliphatic carbocycles. The van der Waals surface area contributed by atoms with Crippen LogP contribution in [0.3, 0.4) is 0 Å². The molecule has 4 atom stereocenters. The monoisotopic (exact) mass is 345 g/mol. The van der Waals surface area contributed by atoms with E-state index in [0.717, 1.165) is 25.7 Å². The molecule has 6 heteroatoms. The molecule has 0 unspecified atom stereocenters. The van der Waals surface area contributed by atoms with Gasteiger partial charge in [-0.05, 0) is 43.6 Å². The second kappa shape index (κ2) is 5.81. The van der Waals surface area contributed by atoms with Gasteiger partial charge < -0.3 is 10.4 Å². The van der Waals surface area contributed by atoms with Crippen molar-refractivity contribution in [2.45, 2.75) is 37.6 Å². The van der Waals surface area contributed by atoms with Gasteiger partial charge in [0, 0.05) is 17.6 Å². The van der Waals surface area contributed by atoms with Crippen molar-refractivity contribution in [1.29, 1.82) is 0 Å². The smallest absolute Gasteiger partial charge is 0.293 e. The first-order valence-electron chi connectivity index (χ1n) is 8.34. The maximum absolute atomic E-state index is 12.5. The number of hydrogen-bond acceptors (Lipinski definition) is 4. The fourth-order valence-corrected chi connectivity index (χ4v) is 4.80. The van der Waals surface area contributed by atoms with E-state index in [9.17, 15) is 15.2 Å². The van der Waals surface area contributed by atoms with Crippen LogP contribution in [-0.2, 0) is 0 Å². The van der Waals surface area contributed by atoms with Gasteiger partial charge >= 0.3 is 0 Å². The van der Waals surface area contributed by atoms with Crippen LogP contribution >= 0.6 is 11.6 Å². The van der Waals surface area contributed by atoms with Crippen LogP contribution < -0.4 is 10.4 Å². The minimum absolute atomic E-state index is 0.0661. The molecule has 0 radical (unpaired) electrons. The fraction of sp³-hybridized carbons (Fsp3) is 0.444. The van der Waals surface area contributed by atoms with E-state index < -0.39 is 4.92 Å². The third-order valence-corrected chi connectivity index (χ3v) is 5.86. The molecule has 0 spiro atoms. The summed E-state index contributed by atoms with van der Waals surface area (Å²) in [6.45, 7) is 0. The lowest BCUT2D eigenvalue weighted by Crippen LogP contribution is -2.42. The second-order valence-electron chi connectivity index (χ2n) is 6.82. The van der Waals surface area contributed by atoms with Gasteiger partial charge in [0.15, 0.2) is 0 Å². The van der Waals surface area contributed by atoms with Gasteiger partial charge in [-0.3, -0.25) is 10.1 Å². The Labute approximate surface area is 145 Å². The number of rotatable bonds is 2. The number of allylic oxidation sites excluding steroid dienone is 4. The van der Waals surface area contributed by atoms with Crippen molar-refractivity contribution in [3.05, 3.63) is 51.1 Å². The van der Waals surface area contributed by atoms with E-state index >= 15 is 0 Å². The van der Waals surface area contributed by atoms with Crippen molar-refractivity contribution in [1.82, 2.24) is 0 Å². The molecule has 1 heterocycles. The van der Waals surface area contributed by atoms with Gasteiger partial charge in [-0.15, -0.1) is 0 Å². The number of nitrogens with one attached hydrogen (secondary N) is 1. The van der Waals surface area contributed by atoms with Crippen molar-refractivity contribution in [3.63, 3.8) is 0 Å². The summed E-state index contributed by atoms with van der Waals surface area (Å²) in [6.07, 6.45) is 12.5. The van der Waals surface area contributed by atoms with Crippen molar-refractivity contribution in [3.8, 4) is 5.75 Å². The van der Waals surface area contributed by atoms with E-state index in [1.165, 1.54) is 6.07 Å². The maximum Gasteiger partial charge on any atom is 0.293 e. The Balaban J connectivity index is 1.84. The zero-order valence-corrected chi connectivity index (χ0v) is 13.8. The summed E-state index contributed by atoms with van der Waals surface area (Å²) < 4.78 is 0. The molecule has 0 amide bonds. The lowest BCUT2D eigenvalue weighted by atomic mass is 9.71. The van der Waals surface area contributed by atoms with Crippen LogP contribution in [0.2, 0.25) is 5.02 Å². The fourth-order valence-electron chi connectivity index (χ4n) is 4.53. The molecule has 1 aliphatic heterocycles. The number of halogens is 1. The molecule has 0 saturated heterocycles. The SMILES string of the molecule is O=[N+]([O-])c1c(Cl)cc([O-])c2c1[C@@H]1C=CC[C@@H]1[C@H]([C@H]1CC=CCC1)N2. The Morgan fingerprint density at radius 2 is 2.08 bits per heavy atom. The maximum atomic E-state index is 12.5. The molecule has 0 aromatic heterocycles. The summed E-state index contributed by atoms with van der Waals surface area (Å²) in [6, 6.07) is 1.33. The van der Waals surface area contributed by atoms with Gasteiger partial charge in [0.05, 0.1) is 10.5 Å². The minimum atomic E-state index is -0.463. The Morgan fingerprint density at radius 3 is 2.79 bits per heavy atom. The standard InChI is InChI=1S/C18H19ClN2O3/c19-13-9-14(22)17-15(18(13)21(23)24)11-7-4-8-12(11)16(20-17)10-5-2-1-3-6-10/h1-2,4,7,9-12,16,20,22H,3,5-6,8H2/p-1/t10-,11+,12-,16-/m0/s1. The van der Waals surface area contributed by atoms with E-state index in [-0.39, 0.29) is 34.3 Å². The molecule has 126 valence electrons. The highest BCUT2D eigenvalue weighted by atomic mass is 35.5. The number of nitrogens with zero attached hydrogens (tertiary/aromatic N) is 1. The average molecular weight is 346 g/mol. The highest BCUT2D eigenvalue weighted by Crippen LogP contribution is 2.54. The topological polar surface area (TPSA) is 78.2 Å². The Morgan fingerprint density at radius 1 is 1.25 bits per heavy atom. The second-order valence-corrected chi connectivity index (χ2v) is 7.23. The molecule has 1 N–H and O–H groups in total. The third-order valence-electron chi connectivity index (χ3n) is 5.57. The molecule has 0 bridgehead atoms. The molecule has 0 fully saturated rings. The summed E-state index contributed by atoms with van der Waals surface area (Å²) in [5.74, 6) is 0.329. The van der Waals surface area contributed by atoms with Gasteiger partial charge in [0.1, 0.15) is 5.02 Å². The lowest BCUT2D eigenvalue weighted by Gasteiger charge is -2.43. The van der Waals surface area contributed by atoms with Crippen LogP contribution in [0, 0.1) is 22.0 Å². The lowest BCUT2D eigenvalue weighted by molar-refractivity contribution is -0.385. The van der Waals surface area contributed by atoms with Gasteiger partial charge in [-0.25, -0.2) is 0 Å². The summed E-state index contributed by atoms with van der Waals surface area (Å²) in [5, 5.41) is 27.3. The largest absolute Gasteiger partial charge is 0.871 e. The van der Waals surface area contributed by atoms with Crippen molar-refractivity contribution < 1.29 is 10.0 Å². The normalized spacial score (nSPS) is 30.5. The third kappa shape index (κ3) is 2.30. The number of hydrogen-bond donors (Lipinski definition) is 1. The molecular weight excluding hydrogens is 328 g/mol. The molecule has 1 aromatic carbocycles. The Kier molecular flexibility index (Phi) is 3.76. The average Bonchev–Trinajstić information content (AvgIpc) is 3.04. The summed E-state index contributed by atoms with van der Waals surface area (Å²) in [4.78, 5) is 11.1. The van der Waals surface area contributed by atoms with Crippen molar-refractivity contribution in [2.75, 3.05) is 5.32 Å². The number of anilines is 1. The predicted molar refractivity (Wildman–Crippen MR) is 91.4 cm³/mol. The van der Waals surface area contributed by atoms with Crippen LogP contribution in [0.4, 0.5) is 11.4 Å². The van der Waals surface area contributed by atoms with E-state index in [1.807, 2.05) is 6.08 Å². The van der Waals surface area contributed by atoms with Gasteiger partial charge in [0.25, 0.3) is 5.69 Å². The highest BCUT2D eigenvalue weighted by molar-refractivity contribution is 6.33. The van der Waals surface area contributed by atoms with Gasteiger partial charge in [-0.2, -0.15) is 0 Å². The quantitative estimate of drug-likeness (QED) is 0.496. The predicted octanol–water partition coefficient (Wildman–Crippen LogP) is 4.13. The molecule has 1 aromatic rings. The van der Waals surface area contributed by atoms with Crippen LogP contribution in [0.5, 0.6) is 5.75 Å². The summed E-state index contributed by atoms with van der Waals surface area (Å²) >= 11 is 6.03. The van der Waals surface area contributed by atoms with Crippen LogP contribution in [0.25, 0.3) is 0 Å². The van der Waals surface area contributed by atoms with Crippen LogP contribution in [-0.4, -0.2) is 11.0 Å².